The molecular weight excluding hydrogens is 298 g/mol. The van der Waals surface area contributed by atoms with Crippen molar-refractivity contribution in [2.45, 2.75) is 24.8 Å². The molecule has 0 saturated carbocycles. The molecule has 0 heterocycles. The Kier molecular flexibility index (Phi) is 7.82. The summed E-state index contributed by atoms with van der Waals surface area (Å²) in [5.74, 6) is 0.728. The molecule has 0 amide bonds. The van der Waals surface area contributed by atoms with Crippen molar-refractivity contribution >= 4 is 17.9 Å². The molecule has 0 N–H and O–H groups in total. The molecule has 120 valence electrons. The highest BCUT2D eigenvalue weighted by molar-refractivity contribution is 7.97. The molecule has 0 radical (unpaired) electrons. The van der Waals surface area contributed by atoms with Gasteiger partial charge in [-0.25, -0.2) is 4.31 Å². The van der Waals surface area contributed by atoms with E-state index in [0.29, 0.717) is 6.61 Å². The Bertz CT molecular complexity index is 521. The molecule has 0 fully saturated rings. The first-order chi connectivity index (χ1) is 10.5. The molecule has 1 unspecified atom stereocenters. The second-order valence-electron chi connectivity index (χ2n) is 5.04. The number of esters is 1. The van der Waals surface area contributed by atoms with Crippen LogP contribution in [0.1, 0.15) is 13.8 Å². The maximum absolute atomic E-state index is 11.9. The van der Waals surface area contributed by atoms with Gasteiger partial charge in [-0.3, -0.25) is 4.79 Å². The van der Waals surface area contributed by atoms with Crippen LogP contribution in [0.15, 0.2) is 47.5 Å². The van der Waals surface area contributed by atoms with Crippen molar-refractivity contribution in [2.24, 2.45) is 5.92 Å². The van der Waals surface area contributed by atoms with Crippen molar-refractivity contribution in [2.75, 3.05) is 20.8 Å². The van der Waals surface area contributed by atoms with Crippen molar-refractivity contribution < 1.29 is 14.3 Å². The number of likely N-dealkylation sites (N-methyl/N-ethyl adjacent to an activating group) is 1. The minimum atomic E-state index is -0.288. The van der Waals surface area contributed by atoms with Gasteiger partial charge in [0.05, 0.1) is 7.11 Å². The van der Waals surface area contributed by atoms with Crippen molar-refractivity contribution in [1.82, 2.24) is 4.31 Å². The first-order valence-corrected chi connectivity index (χ1v) is 7.82. The third-order valence-electron chi connectivity index (χ3n) is 3.02. The number of ether oxygens (including phenoxy) is 2. The fraction of sp³-hybridized carbons (Fsp3) is 0.412. The van der Waals surface area contributed by atoms with Crippen LogP contribution in [0.5, 0.6) is 5.75 Å². The van der Waals surface area contributed by atoms with Gasteiger partial charge in [0.25, 0.3) is 0 Å². The van der Waals surface area contributed by atoms with Crippen LogP contribution < -0.4 is 4.74 Å². The summed E-state index contributed by atoms with van der Waals surface area (Å²) in [5.41, 5.74) is 2.66. The van der Waals surface area contributed by atoms with E-state index >= 15 is 0 Å². The Hall–Kier alpha value is -1.68. The van der Waals surface area contributed by atoms with Crippen molar-refractivity contribution in [3.63, 3.8) is 0 Å². The maximum atomic E-state index is 11.9. The minimum absolute atomic E-state index is 0.165. The van der Waals surface area contributed by atoms with Gasteiger partial charge in [-0.15, -0.1) is 5.73 Å². The Morgan fingerprint density at radius 1 is 1.41 bits per heavy atom. The van der Waals surface area contributed by atoms with E-state index in [1.54, 1.807) is 6.08 Å². The molecule has 4 nitrogen and oxygen atoms in total. The van der Waals surface area contributed by atoms with E-state index in [1.165, 1.54) is 19.1 Å². The van der Waals surface area contributed by atoms with Gasteiger partial charge < -0.3 is 9.47 Å². The summed E-state index contributed by atoms with van der Waals surface area (Å²) in [5, 5.41) is 0. The molecule has 0 spiro atoms. The van der Waals surface area contributed by atoms with Gasteiger partial charge in [0.1, 0.15) is 18.4 Å². The number of methoxy groups -OCH3 is 1. The van der Waals surface area contributed by atoms with E-state index in [-0.39, 0.29) is 17.9 Å². The monoisotopic (exact) mass is 321 g/mol. The van der Waals surface area contributed by atoms with Crippen molar-refractivity contribution in [3.05, 3.63) is 42.7 Å². The lowest BCUT2D eigenvalue weighted by Crippen LogP contribution is -2.39. The van der Waals surface area contributed by atoms with E-state index in [4.69, 9.17) is 9.47 Å². The minimum Gasteiger partial charge on any atom is -0.489 e. The summed E-state index contributed by atoms with van der Waals surface area (Å²) in [4.78, 5) is 12.9. The number of benzene rings is 1. The first-order valence-electron chi connectivity index (χ1n) is 7.05. The summed E-state index contributed by atoms with van der Waals surface area (Å²) in [6.45, 7) is 7.94. The maximum Gasteiger partial charge on any atom is 0.324 e. The second kappa shape index (κ2) is 9.36. The molecule has 0 bridgehead atoms. The number of nitrogens with zero attached hydrogens (tertiary/aromatic N) is 1. The number of hydrogen-bond donors (Lipinski definition) is 0. The van der Waals surface area contributed by atoms with E-state index in [1.807, 2.05) is 49.5 Å². The molecule has 0 saturated heterocycles. The van der Waals surface area contributed by atoms with Crippen LogP contribution in [-0.4, -0.2) is 37.1 Å². The molecule has 1 atom stereocenters. The Balaban J connectivity index is 2.68. The van der Waals surface area contributed by atoms with Gasteiger partial charge in [0.15, 0.2) is 0 Å². The highest BCUT2D eigenvalue weighted by Gasteiger charge is 2.28. The van der Waals surface area contributed by atoms with Crippen LogP contribution in [0.3, 0.4) is 0 Å². The van der Waals surface area contributed by atoms with E-state index < -0.39 is 0 Å². The smallest absolute Gasteiger partial charge is 0.324 e. The Morgan fingerprint density at radius 3 is 2.55 bits per heavy atom. The fourth-order valence-electron chi connectivity index (χ4n) is 1.98. The van der Waals surface area contributed by atoms with Gasteiger partial charge in [0.2, 0.25) is 0 Å². The first kappa shape index (κ1) is 18.4. The van der Waals surface area contributed by atoms with E-state index in [0.717, 1.165) is 10.6 Å². The van der Waals surface area contributed by atoms with Crippen LogP contribution in [0.2, 0.25) is 0 Å². The third-order valence-corrected chi connectivity index (χ3v) is 4.01. The molecule has 0 aliphatic rings. The number of rotatable bonds is 8. The van der Waals surface area contributed by atoms with Crippen molar-refractivity contribution in [3.8, 4) is 5.75 Å². The average molecular weight is 321 g/mol. The molecule has 1 aromatic rings. The standard InChI is InChI=1S/C17H23NO3S/c1-6-7-12-21-14-8-10-15(11-9-14)22-18(4)16(13(2)3)17(19)20-5/h7-11,13,16H,1,12H2,2-5H3. The second-order valence-corrected chi connectivity index (χ2v) is 6.27. The topological polar surface area (TPSA) is 38.8 Å². The molecular formula is C17H23NO3S. The quantitative estimate of drug-likeness (QED) is 0.416. The fourth-order valence-corrected chi connectivity index (χ4v) is 3.01. The molecule has 22 heavy (non-hydrogen) atoms. The normalized spacial score (nSPS) is 11.9. The number of carbonyl (C=O) groups is 1. The zero-order chi connectivity index (χ0) is 16.5. The van der Waals surface area contributed by atoms with Crippen LogP contribution in [0, 0.1) is 5.92 Å². The molecule has 5 heteroatoms. The van der Waals surface area contributed by atoms with Gasteiger partial charge in [0, 0.05) is 4.90 Å². The highest BCUT2D eigenvalue weighted by Crippen LogP contribution is 2.28. The van der Waals surface area contributed by atoms with Gasteiger partial charge in [-0.1, -0.05) is 20.4 Å². The Morgan fingerprint density at radius 2 is 2.05 bits per heavy atom. The predicted molar refractivity (Wildman–Crippen MR) is 89.9 cm³/mol. The summed E-state index contributed by atoms with van der Waals surface area (Å²) in [7, 11) is 3.31. The molecule has 0 aromatic heterocycles. The summed E-state index contributed by atoms with van der Waals surface area (Å²) >= 11 is 1.51. The van der Waals surface area contributed by atoms with Crippen LogP contribution >= 0.6 is 11.9 Å². The Labute approximate surface area is 136 Å². The van der Waals surface area contributed by atoms with Gasteiger partial charge in [-0.05, 0) is 55.3 Å². The zero-order valence-electron chi connectivity index (χ0n) is 13.5. The molecule has 0 aliphatic carbocycles. The lowest BCUT2D eigenvalue weighted by atomic mass is 10.1. The number of hydrogen-bond acceptors (Lipinski definition) is 5. The summed E-state index contributed by atoms with van der Waals surface area (Å²) in [6.07, 6.45) is 1.72. The lowest BCUT2D eigenvalue weighted by Gasteiger charge is -2.27. The van der Waals surface area contributed by atoms with E-state index in [9.17, 15) is 4.79 Å². The van der Waals surface area contributed by atoms with Crippen LogP contribution in [0.25, 0.3) is 0 Å². The van der Waals surface area contributed by atoms with Crippen LogP contribution in [0.4, 0.5) is 0 Å². The average Bonchev–Trinajstić information content (AvgIpc) is 2.48. The molecule has 1 aromatic carbocycles. The van der Waals surface area contributed by atoms with Crippen molar-refractivity contribution in [1.29, 1.82) is 0 Å². The third kappa shape index (κ3) is 5.60. The molecule has 1 rings (SSSR count). The number of carbonyl (C=O) groups excluding carboxylic acids is 1. The predicted octanol–water partition coefficient (Wildman–Crippen LogP) is 3.54. The molecule has 0 aliphatic heterocycles. The van der Waals surface area contributed by atoms with Gasteiger partial charge in [-0.2, -0.15) is 0 Å². The lowest BCUT2D eigenvalue weighted by molar-refractivity contribution is -0.146. The zero-order valence-corrected chi connectivity index (χ0v) is 14.4. The SMILES string of the molecule is C=C=CCOc1ccc(SN(C)C(C(=O)OC)C(C)C)cc1. The highest BCUT2D eigenvalue weighted by atomic mass is 32.2. The van der Waals surface area contributed by atoms with Crippen LogP contribution in [-0.2, 0) is 9.53 Å². The van der Waals surface area contributed by atoms with E-state index in [2.05, 4.69) is 12.3 Å². The summed E-state index contributed by atoms with van der Waals surface area (Å²) in [6, 6.07) is 7.43. The van der Waals surface area contributed by atoms with Gasteiger partial charge >= 0.3 is 5.97 Å². The largest absolute Gasteiger partial charge is 0.489 e. The summed E-state index contributed by atoms with van der Waals surface area (Å²) < 4.78 is 12.3.